The average molecular weight is 317 g/mol. The van der Waals surface area contributed by atoms with Crippen LogP contribution in [0.4, 0.5) is 4.79 Å². The fourth-order valence-corrected chi connectivity index (χ4v) is 2.53. The number of nitrogens with one attached hydrogen (secondary N) is 1. The highest BCUT2D eigenvalue weighted by atomic mass is 16.5. The molecule has 1 heterocycles. The summed E-state index contributed by atoms with van der Waals surface area (Å²) >= 11 is 0. The number of rotatable bonds is 8. The summed E-state index contributed by atoms with van der Waals surface area (Å²) in [6.45, 7) is 13.5. The first-order valence-corrected chi connectivity index (χ1v) is 8.26. The van der Waals surface area contributed by atoms with Crippen molar-refractivity contribution in [3.8, 4) is 5.75 Å². The van der Waals surface area contributed by atoms with Gasteiger partial charge in [0, 0.05) is 31.7 Å². The molecule has 1 aromatic rings. The van der Waals surface area contributed by atoms with Crippen molar-refractivity contribution >= 4 is 6.03 Å². The molecule has 2 amide bonds. The molecule has 0 atom stereocenters. The Morgan fingerprint density at radius 2 is 2.00 bits per heavy atom. The van der Waals surface area contributed by atoms with E-state index in [4.69, 9.17) is 4.74 Å². The third kappa shape index (κ3) is 4.99. The van der Waals surface area contributed by atoms with E-state index < -0.39 is 0 Å². The van der Waals surface area contributed by atoms with Crippen LogP contribution in [0.5, 0.6) is 5.75 Å². The Morgan fingerprint density at radius 1 is 1.30 bits per heavy atom. The molecule has 1 saturated heterocycles. The fraction of sp³-hybridized carbons (Fsp3) is 0.500. The van der Waals surface area contributed by atoms with Crippen molar-refractivity contribution in [2.45, 2.75) is 20.4 Å². The molecule has 0 radical (unpaired) electrons. The number of carbonyl (C=O) groups is 1. The van der Waals surface area contributed by atoms with Crippen LogP contribution in [-0.4, -0.2) is 55.2 Å². The van der Waals surface area contributed by atoms with E-state index >= 15 is 0 Å². The molecule has 0 bridgehead atoms. The van der Waals surface area contributed by atoms with E-state index in [1.54, 1.807) is 4.90 Å². The molecule has 5 nitrogen and oxygen atoms in total. The lowest BCUT2D eigenvalue weighted by molar-refractivity contribution is 0.190. The first kappa shape index (κ1) is 17.3. The SMILES string of the molecule is C=C1CN(C(=O)NCc2ccccc2OCCN(CC)CC)C1. The Bertz CT molecular complexity index is 533. The first-order chi connectivity index (χ1) is 11.1. The van der Waals surface area contributed by atoms with Gasteiger partial charge in [0.2, 0.25) is 0 Å². The van der Waals surface area contributed by atoms with Crippen LogP contribution < -0.4 is 10.1 Å². The molecule has 1 aromatic carbocycles. The third-order valence-electron chi connectivity index (χ3n) is 4.08. The minimum atomic E-state index is -0.0460. The van der Waals surface area contributed by atoms with Crippen LogP contribution in [0.15, 0.2) is 36.4 Å². The Hall–Kier alpha value is -2.01. The maximum Gasteiger partial charge on any atom is 0.318 e. The molecule has 1 aliphatic rings. The lowest BCUT2D eigenvalue weighted by Crippen LogP contribution is -2.48. The summed E-state index contributed by atoms with van der Waals surface area (Å²) < 4.78 is 5.90. The van der Waals surface area contributed by atoms with Crippen LogP contribution in [0.25, 0.3) is 0 Å². The van der Waals surface area contributed by atoms with E-state index in [0.29, 0.717) is 26.2 Å². The van der Waals surface area contributed by atoms with Crippen molar-refractivity contribution in [3.05, 3.63) is 42.0 Å². The standard InChI is InChI=1S/C18H27N3O2/c1-4-20(5-2)10-11-23-17-9-7-6-8-16(17)12-19-18(22)21-13-15(3)14-21/h6-9H,3-5,10-14H2,1-2H3,(H,19,22). The largest absolute Gasteiger partial charge is 0.492 e. The summed E-state index contributed by atoms with van der Waals surface area (Å²) in [6.07, 6.45) is 0. The molecule has 1 aliphatic heterocycles. The molecule has 0 spiro atoms. The molecule has 0 aromatic heterocycles. The van der Waals surface area contributed by atoms with Gasteiger partial charge in [-0.3, -0.25) is 0 Å². The molecule has 23 heavy (non-hydrogen) atoms. The molecule has 0 saturated carbocycles. The highest BCUT2D eigenvalue weighted by molar-refractivity contribution is 5.76. The van der Waals surface area contributed by atoms with Gasteiger partial charge in [-0.2, -0.15) is 0 Å². The summed E-state index contributed by atoms with van der Waals surface area (Å²) in [6, 6.07) is 7.81. The Morgan fingerprint density at radius 3 is 2.65 bits per heavy atom. The minimum absolute atomic E-state index is 0.0460. The number of amides is 2. The number of benzene rings is 1. The van der Waals surface area contributed by atoms with E-state index in [-0.39, 0.29) is 6.03 Å². The molecular formula is C18H27N3O2. The second-order valence-corrected chi connectivity index (χ2v) is 5.75. The van der Waals surface area contributed by atoms with Gasteiger partial charge < -0.3 is 19.9 Å². The van der Waals surface area contributed by atoms with E-state index in [2.05, 4.69) is 30.6 Å². The normalized spacial score (nSPS) is 13.9. The number of likely N-dealkylation sites (N-methyl/N-ethyl adjacent to an activating group) is 1. The molecule has 126 valence electrons. The van der Waals surface area contributed by atoms with Gasteiger partial charge >= 0.3 is 6.03 Å². The van der Waals surface area contributed by atoms with E-state index in [1.165, 1.54) is 0 Å². The quantitative estimate of drug-likeness (QED) is 0.749. The van der Waals surface area contributed by atoms with Crippen molar-refractivity contribution in [3.63, 3.8) is 0 Å². The number of para-hydroxylation sites is 1. The topological polar surface area (TPSA) is 44.8 Å². The van der Waals surface area contributed by atoms with Gasteiger partial charge in [-0.1, -0.05) is 38.6 Å². The summed E-state index contributed by atoms with van der Waals surface area (Å²) in [7, 11) is 0. The third-order valence-corrected chi connectivity index (χ3v) is 4.08. The molecule has 1 fully saturated rings. The summed E-state index contributed by atoms with van der Waals surface area (Å²) in [5.41, 5.74) is 2.10. The molecule has 2 rings (SSSR count). The van der Waals surface area contributed by atoms with Gasteiger partial charge in [-0.05, 0) is 24.7 Å². The monoisotopic (exact) mass is 317 g/mol. The minimum Gasteiger partial charge on any atom is -0.492 e. The Kier molecular flexibility index (Phi) is 6.47. The Labute approximate surface area is 138 Å². The second kappa shape index (κ2) is 8.58. The predicted octanol–water partition coefficient (Wildman–Crippen LogP) is 2.49. The fourth-order valence-electron chi connectivity index (χ4n) is 2.53. The van der Waals surface area contributed by atoms with Crippen LogP contribution in [0.2, 0.25) is 0 Å². The summed E-state index contributed by atoms with van der Waals surface area (Å²) in [5, 5.41) is 2.94. The molecule has 1 N–H and O–H groups in total. The van der Waals surface area contributed by atoms with Crippen molar-refractivity contribution in [2.75, 3.05) is 39.3 Å². The smallest absolute Gasteiger partial charge is 0.318 e. The number of likely N-dealkylation sites (tertiary alicyclic amines) is 1. The van der Waals surface area contributed by atoms with E-state index in [9.17, 15) is 4.79 Å². The van der Waals surface area contributed by atoms with Crippen LogP contribution in [-0.2, 0) is 6.54 Å². The van der Waals surface area contributed by atoms with Crippen LogP contribution in [0, 0.1) is 0 Å². The lowest BCUT2D eigenvalue weighted by atomic mass is 10.1. The van der Waals surface area contributed by atoms with Crippen LogP contribution >= 0.6 is 0 Å². The lowest BCUT2D eigenvalue weighted by Gasteiger charge is -2.33. The van der Waals surface area contributed by atoms with Gasteiger partial charge in [0.05, 0.1) is 0 Å². The zero-order valence-electron chi connectivity index (χ0n) is 14.2. The summed E-state index contributed by atoms with van der Waals surface area (Å²) in [5.74, 6) is 0.841. The molecule has 0 aliphatic carbocycles. The Balaban J connectivity index is 1.82. The van der Waals surface area contributed by atoms with E-state index in [0.717, 1.165) is 36.5 Å². The summed E-state index contributed by atoms with van der Waals surface area (Å²) in [4.78, 5) is 16.0. The van der Waals surface area contributed by atoms with Gasteiger partial charge in [0.15, 0.2) is 0 Å². The van der Waals surface area contributed by atoms with Gasteiger partial charge in [-0.25, -0.2) is 4.79 Å². The first-order valence-electron chi connectivity index (χ1n) is 8.26. The number of nitrogens with zero attached hydrogens (tertiary/aromatic N) is 2. The maximum absolute atomic E-state index is 12.0. The maximum atomic E-state index is 12.0. The van der Waals surface area contributed by atoms with Crippen LogP contribution in [0.1, 0.15) is 19.4 Å². The van der Waals surface area contributed by atoms with Crippen LogP contribution in [0.3, 0.4) is 0 Å². The van der Waals surface area contributed by atoms with Crippen molar-refractivity contribution < 1.29 is 9.53 Å². The molecule has 0 unspecified atom stereocenters. The van der Waals surface area contributed by atoms with Gasteiger partial charge in [0.25, 0.3) is 0 Å². The molecule has 5 heteroatoms. The zero-order valence-corrected chi connectivity index (χ0v) is 14.2. The number of hydrogen-bond donors (Lipinski definition) is 1. The average Bonchev–Trinajstić information content (AvgIpc) is 2.54. The number of ether oxygens (including phenoxy) is 1. The highest BCUT2D eigenvalue weighted by Crippen LogP contribution is 2.18. The van der Waals surface area contributed by atoms with Gasteiger partial charge in [-0.15, -0.1) is 0 Å². The second-order valence-electron chi connectivity index (χ2n) is 5.75. The van der Waals surface area contributed by atoms with Crippen molar-refractivity contribution in [2.24, 2.45) is 0 Å². The number of carbonyl (C=O) groups excluding carboxylic acids is 1. The zero-order chi connectivity index (χ0) is 16.7. The van der Waals surface area contributed by atoms with Crippen molar-refractivity contribution in [1.29, 1.82) is 0 Å². The number of urea groups is 1. The highest BCUT2D eigenvalue weighted by Gasteiger charge is 2.23. The predicted molar refractivity (Wildman–Crippen MR) is 92.7 cm³/mol. The van der Waals surface area contributed by atoms with Gasteiger partial charge in [0.1, 0.15) is 12.4 Å². The molecular weight excluding hydrogens is 290 g/mol. The van der Waals surface area contributed by atoms with E-state index in [1.807, 2.05) is 24.3 Å². The van der Waals surface area contributed by atoms with Crippen molar-refractivity contribution in [1.82, 2.24) is 15.1 Å². The number of hydrogen-bond acceptors (Lipinski definition) is 3.